The number of hydrogen-bond donors (Lipinski definition) is 1. The van der Waals surface area contributed by atoms with Gasteiger partial charge in [-0.25, -0.2) is 4.99 Å². The van der Waals surface area contributed by atoms with E-state index in [1.807, 2.05) is 32.2 Å². The van der Waals surface area contributed by atoms with Gasteiger partial charge in [0.1, 0.15) is 17.8 Å². The van der Waals surface area contributed by atoms with Crippen molar-refractivity contribution in [3.05, 3.63) is 42.2 Å². The number of likely N-dealkylation sites (N-methyl/N-ethyl adjacent to an activating group) is 2. The van der Waals surface area contributed by atoms with Crippen LogP contribution in [0.1, 0.15) is 13.8 Å². The van der Waals surface area contributed by atoms with Crippen molar-refractivity contribution in [3.63, 3.8) is 0 Å². The third-order valence-electron chi connectivity index (χ3n) is 3.41. The second-order valence-corrected chi connectivity index (χ2v) is 4.69. The van der Waals surface area contributed by atoms with Crippen molar-refractivity contribution in [1.82, 2.24) is 10.2 Å². The average Bonchev–Trinajstić information content (AvgIpc) is 2.44. The van der Waals surface area contributed by atoms with Gasteiger partial charge in [0.25, 0.3) is 0 Å². The molecule has 1 N–H and O–H groups in total. The predicted molar refractivity (Wildman–Crippen MR) is 81.3 cm³/mol. The Morgan fingerprint density at radius 1 is 1.32 bits per heavy atom. The van der Waals surface area contributed by atoms with Crippen molar-refractivity contribution in [3.8, 4) is 0 Å². The largest absolute Gasteiger partial charge is 0.344 e. The van der Waals surface area contributed by atoms with Gasteiger partial charge in [-0.1, -0.05) is 25.1 Å². The Balaban J connectivity index is 2.26. The summed E-state index contributed by atoms with van der Waals surface area (Å²) in [5, 5.41) is 3.44. The highest BCUT2D eigenvalue weighted by molar-refractivity contribution is 5.82. The van der Waals surface area contributed by atoms with Crippen molar-refractivity contribution in [2.75, 3.05) is 25.5 Å². The van der Waals surface area contributed by atoms with Crippen LogP contribution >= 0.6 is 0 Å². The summed E-state index contributed by atoms with van der Waals surface area (Å²) in [7, 11) is 4.11. The molecule has 4 heteroatoms. The van der Waals surface area contributed by atoms with Crippen molar-refractivity contribution in [1.29, 1.82) is 0 Å². The van der Waals surface area contributed by atoms with Gasteiger partial charge in [0.2, 0.25) is 0 Å². The molecule has 0 fully saturated rings. The van der Waals surface area contributed by atoms with E-state index in [2.05, 4.69) is 52.3 Å². The molecule has 0 saturated carbocycles. The molecule has 0 aromatic heterocycles. The fourth-order valence-electron chi connectivity index (χ4n) is 2.11. The van der Waals surface area contributed by atoms with E-state index in [4.69, 9.17) is 0 Å². The standard InChI is InChI=1S/C15H22N4/c1-5-16-14-11-15(17-12(2)18(14)3)19(4)13-9-7-6-8-10-13/h6-11,14,16H,5H2,1-4H3. The zero-order valence-electron chi connectivity index (χ0n) is 12.1. The van der Waals surface area contributed by atoms with Crippen LogP contribution in [0, 0.1) is 0 Å². The molecule has 0 spiro atoms. The predicted octanol–water partition coefficient (Wildman–Crippen LogP) is 2.26. The highest BCUT2D eigenvalue weighted by Crippen LogP contribution is 2.21. The molecule has 1 aromatic rings. The second kappa shape index (κ2) is 5.89. The fourth-order valence-corrected chi connectivity index (χ4v) is 2.11. The van der Waals surface area contributed by atoms with E-state index in [1.54, 1.807) is 0 Å². The molecule has 0 saturated heterocycles. The molecule has 1 heterocycles. The number of hydrogen-bond acceptors (Lipinski definition) is 4. The van der Waals surface area contributed by atoms with E-state index in [1.165, 1.54) is 0 Å². The first-order valence-electron chi connectivity index (χ1n) is 6.65. The van der Waals surface area contributed by atoms with Crippen molar-refractivity contribution in [2.45, 2.75) is 20.0 Å². The monoisotopic (exact) mass is 258 g/mol. The van der Waals surface area contributed by atoms with Crippen molar-refractivity contribution in [2.24, 2.45) is 4.99 Å². The van der Waals surface area contributed by atoms with Crippen LogP contribution in [0.15, 0.2) is 47.2 Å². The number of aliphatic imine (C=N–C) groups is 1. The smallest absolute Gasteiger partial charge is 0.134 e. The van der Waals surface area contributed by atoms with Crippen LogP contribution in [-0.4, -0.2) is 37.5 Å². The minimum atomic E-state index is 0.198. The molecule has 1 unspecified atom stereocenters. The number of benzene rings is 1. The van der Waals surface area contributed by atoms with E-state index >= 15 is 0 Å². The van der Waals surface area contributed by atoms with Gasteiger partial charge in [0.05, 0.1) is 0 Å². The second-order valence-electron chi connectivity index (χ2n) is 4.69. The lowest BCUT2D eigenvalue weighted by Gasteiger charge is -2.34. The summed E-state index contributed by atoms with van der Waals surface area (Å²) in [5.74, 6) is 2.00. The first kappa shape index (κ1) is 13.6. The lowest BCUT2D eigenvalue weighted by atomic mass is 10.2. The van der Waals surface area contributed by atoms with Gasteiger partial charge in [-0.2, -0.15) is 0 Å². The van der Waals surface area contributed by atoms with Crippen LogP contribution in [0.3, 0.4) is 0 Å². The molecule has 1 aromatic carbocycles. The molecule has 0 aliphatic carbocycles. The minimum Gasteiger partial charge on any atom is -0.344 e. The van der Waals surface area contributed by atoms with Gasteiger partial charge >= 0.3 is 0 Å². The van der Waals surface area contributed by atoms with E-state index in [0.717, 1.165) is 23.9 Å². The first-order chi connectivity index (χ1) is 9.13. The normalized spacial score (nSPS) is 18.9. The molecule has 0 amide bonds. The highest BCUT2D eigenvalue weighted by atomic mass is 15.3. The SMILES string of the molecule is CCNC1C=C(N(C)c2ccccc2)N=C(C)N1C. The van der Waals surface area contributed by atoms with Gasteiger partial charge in [0, 0.05) is 19.8 Å². The fraction of sp³-hybridized carbons (Fsp3) is 0.400. The van der Waals surface area contributed by atoms with Crippen LogP contribution in [0.5, 0.6) is 0 Å². The zero-order valence-corrected chi connectivity index (χ0v) is 12.1. The first-order valence-corrected chi connectivity index (χ1v) is 6.65. The average molecular weight is 258 g/mol. The molecule has 0 bridgehead atoms. The van der Waals surface area contributed by atoms with Crippen LogP contribution < -0.4 is 10.2 Å². The molecular formula is C15H22N4. The Labute approximate surface area is 115 Å². The molecule has 4 nitrogen and oxygen atoms in total. The van der Waals surface area contributed by atoms with Crippen LogP contribution in [0.4, 0.5) is 5.69 Å². The maximum absolute atomic E-state index is 4.66. The summed E-state index contributed by atoms with van der Waals surface area (Å²) < 4.78 is 0. The Bertz CT molecular complexity index is 478. The van der Waals surface area contributed by atoms with Crippen LogP contribution in [-0.2, 0) is 0 Å². The Morgan fingerprint density at radius 2 is 2.00 bits per heavy atom. The van der Waals surface area contributed by atoms with Gasteiger partial charge in [-0.15, -0.1) is 0 Å². The summed E-state index contributed by atoms with van der Waals surface area (Å²) in [4.78, 5) is 8.92. The molecule has 102 valence electrons. The highest BCUT2D eigenvalue weighted by Gasteiger charge is 2.20. The third kappa shape index (κ3) is 2.96. The molecule has 2 rings (SSSR count). The van der Waals surface area contributed by atoms with E-state index in [9.17, 15) is 0 Å². The van der Waals surface area contributed by atoms with Gasteiger partial charge in [0.15, 0.2) is 0 Å². The lowest BCUT2D eigenvalue weighted by Crippen LogP contribution is -2.47. The maximum atomic E-state index is 4.66. The molecule has 1 aliphatic rings. The summed E-state index contributed by atoms with van der Waals surface area (Å²) in [6.07, 6.45) is 2.35. The number of para-hydroxylation sites is 1. The Morgan fingerprint density at radius 3 is 2.63 bits per heavy atom. The van der Waals surface area contributed by atoms with Gasteiger partial charge in [-0.3, -0.25) is 5.32 Å². The lowest BCUT2D eigenvalue weighted by molar-refractivity contribution is 0.357. The number of nitrogens with one attached hydrogen (secondary N) is 1. The number of amidine groups is 1. The maximum Gasteiger partial charge on any atom is 0.134 e. The number of nitrogens with zero attached hydrogens (tertiary/aromatic N) is 3. The summed E-state index contributed by atoms with van der Waals surface area (Å²) in [6, 6.07) is 10.3. The van der Waals surface area contributed by atoms with Gasteiger partial charge in [-0.05, 0) is 31.7 Å². The molecule has 0 radical (unpaired) electrons. The third-order valence-corrected chi connectivity index (χ3v) is 3.41. The number of anilines is 1. The Kier molecular flexibility index (Phi) is 4.22. The van der Waals surface area contributed by atoms with Crippen molar-refractivity contribution >= 4 is 11.5 Å². The van der Waals surface area contributed by atoms with Crippen LogP contribution in [0.25, 0.3) is 0 Å². The van der Waals surface area contributed by atoms with E-state index < -0.39 is 0 Å². The minimum absolute atomic E-state index is 0.198. The summed E-state index contributed by atoms with van der Waals surface area (Å²) >= 11 is 0. The molecule has 19 heavy (non-hydrogen) atoms. The summed E-state index contributed by atoms with van der Waals surface area (Å²) in [6.45, 7) is 5.08. The Hall–Kier alpha value is -1.81. The zero-order chi connectivity index (χ0) is 13.8. The van der Waals surface area contributed by atoms with E-state index in [-0.39, 0.29) is 6.17 Å². The number of rotatable bonds is 4. The van der Waals surface area contributed by atoms with E-state index in [0.29, 0.717) is 0 Å². The van der Waals surface area contributed by atoms with Crippen molar-refractivity contribution < 1.29 is 0 Å². The van der Waals surface area contributed by atoms with Gasteiger partial charge < -0.3 is 9.80 Å². The van der Waals surface area contributed by atoms with Crippen LogP contribution in [0.2, 0.25) is 0 Å². The summed E-state index contributed by atoms with van der Waals surface area (Å²) in [5.41, 5.74) is 1.14. The topological polar surface area (TPSA) is 30.9 Å². The quantitative estimate of drug-likeness (QED) is 0.898. The molecule has 1 aliphatic heterocycles. The molecular weight excluding hydrogens is 236 g/mol. The molecule has 1 atom stereocenters.